The fourth-order valence-corrected chi connectivity index (χ4v) is 6.17. The first-order chi connectivity index (χ1) is 23.0. The SMILES string of the molecule is O=C(Nc1cccc(SC(C(=O)Nc2ccccc2)c2ccccc2)c1)/C(=C\c1cccc2ccccc12)NC(=O)c1ccccc1. The molecule has 0 aliphatic carbocycles. The van der Waals surface area contributed by atoms with Gasteiger partial charge in [-0.1, -0.05) is 115 Å². The summed E-state index contributed by atoms with van der Waals surface area (Å²) in [5.41, 5.74) is 3.41. The van der Waals surface area contributed by atoms with Crippen molar-refractivity contribution < 1.29 is 14.4 Å². The Morgan fingerprint density at radius 2 is 1.21 bits per heavy atom. The molecule has 230 valence electrons. The number of hydrogen-bond acceptors (Lipinski definition) is 4. The highest BCUT2D eigenvalue weighted by atomic mass is 32.2. The third-order valence-electron chi connectivity index (χ3n) is 7.38. The Bertz CT molecular complexity index is 2040. The Hall–Kier alpha value is -5.92. The molecule has 0 fully saturated rings. The molecule has 0 aliphatic rings. The van der Waals surface area contributed by atoms with Crippen LogP contribution in [0.5, 0.6) is 0 Å². The van der Waals surface area contributed by atoms with Crippen LogP contribution in [0.3, 0.4) is 0 Å². The van der Waals surface area contributed by atoms with Crippen molar-refractivity contribution in [1.29, 1.82) is 0 Å². The average Bonchev–Trinajstić information content (AvgIpc) is 3.11. The van der Waals surface area contributed by atoms with Crippen molar-refractivity contribution in [2.45, 2.75) is 10.1 Å². The summed E-state index contributed by atoms with van der Waals surface area (Å²) < 4.78 is 0. The Balaban J connectivity index is 1.27. The van der Waals surface area contributed by atoms with Crippen molar-refractivity contribution in [2.24, 2.45) is 0 Å². The molecule has 0 aromatic heterocycles. The molecule has 6 rings (SSSR count). The second kappa shape index (κ2) is 14.9. The van der Waals surface area contributed by atoms with E-state index in [-0.39, 0.29) is 11.6 Å². The van der Waals surface area contributed by atoms with Crippen LogP contribution in [0.25, 0.3) is 16.8 Å². The second-order valence-corrected chi connectivity index (χ2v) is 11.9. The number of carbonyl (C=O) groups is 3. The zero-order chi connectivity index (χ0) is 32.4. The molecule has 0 saturated carbocycles. The normalized spacial score (nSPS) is 11.8. The first-order valence-electron chi connectivity index (χ1n) is 15.1. The molecule has 0 radical (unpaired) electrons. The average molecular weight is 634 g/mol. The number of anilines is 2. The number of nitrogens with one attached hydrogen (secondary N) is 3. The van der Waals surface area contributed by atoms with E-state index < -0.39 is 17.1 Å². The fourth-order valence-electron chi connectivity index (χ4n) is 5.09. The number of hydrogen-bond donors (Lipinski definition) is 3. The molecule has 0 heterocycles. The molecule has 3 amide bonds. The van der Waals surface area contributed by atoms with E-state index in [2.05, 4.69) is 16.0 Å². The summed E-state index contributed by atoms with van der Waals surface area (Å²) >= 11 is 1.38. The molecule has 0 spiro atoms. The number of para-hydroxylation sites is 1. The fraction of sp³-hybridized carbons (Fsp3) is 0.0250. The third kappa shape index (κ3) is 8.03. The molecule has 0 aliphatic heterocycles. The van der Waals surface area contributed by atoms with Crippen LogP contribution in [0.2, 0.25) is 0 Å². The molecule has 6 aromatic rings. The van der Waals surface area contributed by atoms with Crippen molar-refractivity contribution in [2.75, 3.05) is 10.6 Å². The van der Waals surface area contributed by atoms with E-state index in [0.29, 0.717) is 16.9 Å². The highest BCUT2D eigenvalue weighted by molar-refractivity contribution is 8.00. The maximum Gasteiger partial charge on any atom is 0.272 e. The summed E-state index contributed by atoms with van der Waals surface area (Å²) in [7, 11) is 0. The molecule has 47 heavy (non-hydrogen) atoms. The smallest absolute Gasteiger partial charge is 0.272 e. The van der Waals surface area contributed by atoms with Crippen LogP contribution < -0.4 is 16.0 Å². The van der Waals surface area contributed by atoms with Crippen LogP contribution in [-0.2, 0) is 9.59 Å². The summed E-state index contributed by atoms with van der Waals surface area (Å²) in [6, 6.07) is 48.7. The van der Waals surface area contributed by atoms with Gasteiger partial charge in [-0.3, -0.25) is 14.4 Å². The van der Waals surface area contributed by atoms with Crippen LogP contribution in [0.1, 0.15) is 26.7 Å². The lowest BCUT2D eigenvalue weighted by Gasteiger charge is -2.18. The van der Waals surface area contributed by atoms with Gasteiger partial charge < -0.3 is 16.0 Å². The van der Waals surface area contributed by atoms with Crippen LogP contribution in [0.4, 0.5) is 11.4 Å². The predicted molar refractivity (Wildman–Crippen MR) is 191 cm³/mol. The number of amides is 3. The Kier molecular flexibility index (Phi) is 9.86. The first-order valence-corrected chi connectivity index (χ1v) is 16.0. The first kappa shape index (κ1) is 31.1. The zero-order valence-electron chi connectivity index (χ0n) is 25.3. The number of carbonyl (C=O) groups excluding carboxylic acids is 3. The Morgan fingerprint density at radius 1 is 0.596 bits per heavy atom. The second-order valence-electron chi connectivity index (χ2n) is 10.7. The predicted octanol–water partition coefficient (Wildman–Crippen LogP) is 8.72. The molecule has 1 atom stereocenters. The van der Waals surface area contributed by atoms with Crippen LogP contribution in [0.15, 0.2) is 168 Å². The molecule has 0 bridgehead atoms. The molecule has 1 unspecified atom stereocenters. The van der Waals surface area contributed by atoms with Gasteiger partial charge in [-0.25, -0.2) is 0 Å². The summed E-state index contributed by atoms with van der Waals surface area (Å²) in [6.45, 7) is 0. The van der Waals surface area contributed by atoms with Crippen molar-refractivity contribution in [3.05, 3.63) is 180 Å². The highest BCUT2D eigenvalue weighted by Crippen LogP contribution is 2.37. The minimum Gasteiger partial charge on any atom is -0.325 e. The molecule has 7 heteroatoms. The van der Waals surface area contributed by atoms with Gasteiger partial charge in [-0.15, -0.1) is 11.8 Å². The molecule has 3 N–H and O–H groups in total. The van der Waals surface area contributed by atoms with Gasteiger partial charge in [0.25, 0.3) is 11.8 Å². The van der Waals surface area contributed by atoms with Gasteiger partial charge in [-0.05, 0) is 70.4 Å². The minimum absolute atomic E-state index is 0.0951. The van der Waals surface area contributed by atoms with Gasteiger partial charge in [0.2, 0.25) is 5.91 Å². The van der Waals surface area contributed by atoms with Crippen LogP contribution >= 0.6 is 11.8 Å². The van der Waals surface area contributed by atoms with E-state index >= 15 is 0 Å². The van der Waals surface area contributed by atoms with E-state index in [1.807, 2.05) is 127 Å². The van der Waals surface area contributed by atoms with Gasteiger partial charge in [0.1, 0.15) is 10.9 Å². The summed E-state index contributed by atoms with van der Waals surface area (Å²) in [6.07, 6.45) is 1.69. The lowest BCUT2D eigenvalue weighted by Crippen LogP contribution is -2.30. The van der Waals surface area contributed by atoms with E-state index in [4.69, 9.17) is 0 Å². The number of thioether (sulfide) groups is 1. The number of fused-ring (bicyclic) bond motifs is 1. The van der Waals surface area contributed by atoms with Crippen molar-refractivity contribution in [3.8, 4) is 0 Å². The third-order valence-corrected chi connectivity index (χ3v) is 8.63. The van der Waals surface area contributed by atoms with Gasteiger partial charge >= 0.3 is 0 Å². The summed E-state index contributed by atoms with van der Waals surface area (Å²) in [5, 5.41) is 10.2. The number of rotatable bonds is 10. The Morgan fingerprint density at radius 3 is 1.98 bits per heavy atom. The summed E-state index contributed by atoms with van der Waals surface area (Å²) in [5.74, 6) is -1.04. The molecular formula is C40H31N3O3S. The van der Waals surface area contributed by atoms with E-state index in [9.17, 15) is 14.4 Å². The molecule has 6 nitrogen and oxygen atoms in total. The van der Waals surface area contributed by atoms with E-state index in [1.165, 1.54) is 11.8 Å². The quantitative estimate of drug-likeness (QED) is 0.104. The lowest BCUT2D eigenvalue weighted by atomic mass is 10.0. The maximum atomic E-state index is 13.8. The molecule has 6 aromatic carbocycles. The monoisotopic (exact) mass is 633 g/mol. The van der Waals surface area contributed by atoms with E-state index in [1.54, 1.807) is 36.4 Å². The lowest BCUT2D eigenvalue weighted by molar-refractivity contribution is -0.116. The summed E-state index contributed by atoms with van der Waals surface area (Å²) in [4.78, 5) is 41.3. The van der Waals surface area contributed by atoms with Gasteiger partial charge in [0.15, 0.2) is 0 Å². The van der Waals surface area contributed by atoms with Gasteiger partial charge in [0.05, 0.1) is 0 Å². The molecule has 0 saturated heterocycles. The van der Waals surface area contributed by atoms with Crippen molar-refractivity contribution in [3.63, 3.8) is 0 Å². The van der Waals surface area contributed by atoms with Crippen molar-refractivity contribution >= 4 is 57.7 Å². The topological polar surface area (TPSA) is 87.3 Å². The number of benzene rings is 6. The van der Waals surface area contributed by atoms with Crippen LogP contribution in [-0.4, -0.2) is 17.7 Å². The zero-order valence-corrected chi connectivity index (χ0v) is 26.1. The minimum atomic E-state index is -0.547. The Labute approximate surface area is 277 Å². The standard InChI is InChI=1S/C40H31N3O3S/c44-38(30-17-6-2-7-18-30)43-36(26-31-20-12-19-28-14-10-11-25-35(28)31)39(45)42-33-23-13-24-34(27-33)47-37(29-15-4-1-5-16-29)40(46)41-32-21-8-3-9-22-32/h1-27,37H,(H,41,46)(H,42,45)(H,43,44)/b36-26+. The van der Waals surface area contributed by atoms with Gasteiger partial charge in [-0.2, -0.15) is 0 Å². The highest BCUT2D eigenvalue weighted by Gasteiger charge is 2.23. The molecular weight excluding hydrogens is 603 g/mol. The van der Waals surface area contributed by atoms with Crippen LogP contribution in [0, 0.1) is 0 Å². The van der Waals surface area contributed by atoms with Gasteiger partial charge in [0, 0.05) is 21.8 Å². The van der Waals surface area contributed by atoms with Crippen molar-refractivity contribution in [1.82, 2.24) is 5.32 Å². The maximum absolute atomic E-state index is 13.8. The van der Waals surface area contributed by atoms with E-state index in [0.717, 1.165) is 26.8 Å². The largest absolute Gasteiger partial charge is 0.325 e.